The number of hydrogen-bond donors (Lipinski definition) is 3. The molecule has 0 saturated heterocycles. The van der Waals surface area contributed by atoms with Gasteiger partial charge in [0.05, 0.1) is 24.9 Å². The molecule has 4 aromatic rings. The second-order valence-corrected chi connectivity index (χ2v) is 6.69. The maximum Gasteiger partial charge on any atom is 0.220 e. The molecule has 138 valence electrons. The Morgan fingerprint density at radius 2 is 2.15 bits per heavy atom. The number of amides is 1. The number of imidazole rings is 1. The molecular weight excluding hydrogens is 366 g/mol. The quantitative estimate of drug-likeness (QED) is 0.490. The minimum atomic E-state index is 0.00840. The lowest BCUT2D eigenvalue weighted by Gasteiger charge is -2.07. The van der Waals surface area contributed by atoms with Crippen molar-refractivity contribution in [2.45, 2.75) is 26.4 Å². The van der Waals surface area contributed by atoms with E-state index in [1.165, 1.54) is 6.33 Å². The fourth-order valence-electron chi connectivity index (χ4n) is 3.07. The summed E-state index contributed by atoms with van der Waals surface area (Å²) in [6.45, 7) is 2.78. The molecule has 27 heavy (non-hydrogen) atoms. The minimum absolute atomic E-state index is 0.00840. The summed E-state index contributed by atoms with van der Waals surface area (Å²) in [5, 5.41) is 4.49. The van der Waals surface area contributed by atoms with Crippen LogP contribution in [0.4, 0.5) is 5.82 Å². The van der Waals surface area contributed by atoms with Crippen LogP contribution in [0.25, 0.3) is 22.1 Å². The van der Waals surface area contributed by atoms with Gasteiger partial charge in [0, 0.05) is 22.5 Å². The van der Waals surface area contributed by atoms with Crippen molar-refractivity contribution >= 4 is 45.4 Å². The van der Waals surface area contributed by atoms with Crippen LogP contribution in [0.1, 0.15) is 24.6 Å². The van der Waals surface area contributed by atoms with Gasteiger partial charge in [0.2, 0.25) is 5.91 Å². The number of nitrogens with zero attached hydrogens (tertiary/aromatic N) is 4. The highest BCUT2D eigenvalue weighted by Gasteiger charge is 2.12. The molecule has 0 atom stereocenters. The fraction of sp³-hybridized carbons (Fsp3) is 0.222. The smallest absolute Gasteiger partial charge is 0.220 e. The zero-order chi connectivity index (χ0) is 19.0. The number of aromatic amines is 1. The van der Waals surface area contributed by atoms with Crippen LogP contribution in [0.15, 0.2) is 30.9 Å². The van der Waals surface area contributed by atoms with E-state index in [4.69, 9.17) is 17.3 Å². The Morgan fingerprint density at radius 1 is 1.30 bits per heavy atom. The number of fused-ring (bicyclic) bond motifs is 2. The maximum absolute atomic E-state index is 11.5. The SMILES string of the molecule is CCC(=O)NCc1cc2cc(Cl)cc(Cn3cnc4c(N)ncnc43)c2[nH]1. The van der Waals surface area contributed by atoms with Crippen LogP contribution < -0.4 is 11.1 Å². The molecule has 0 spiro atoms. The molecule has 0 aliphatic carbocycles. The van der Waals surface area contributed by atoms with Crippen LogP contribution in [0.3, 0.4) is 0 Å². The van der Waals surface area contributed by atoms with E-state index < -0.39 is 0 Å². The van der Waals surface area contributed by atoms with Gasteiger partial charge in [-0.2, -0.15) is 0 Å². The Labute approximate surface area is 159 Å². The number of hydrogen-bond acceptors (Lipinski definition) is 5. The summed E-state index contributed by atoms with van der Waals surface area (Å²) in [7, 11) is 0. The average molecular weight is 384 g/mol. The Balaban J connectivity index is 1.71. The first kappa shape index (κ1) is 17.3. The molecule has 0 fully saturated rings. The molecule has 0 aliphatic heterocycles. The highest BCUT2D eigenvalue weighted by Crippen LogP contribution is 2.26. The molecule has 8 nitrogen and oxygen atoms in total. The number of nitrogen functional groups attached to an aromatic ring is 1. The molecule has 0 aliphatic rings. The van der Waals surface area contributed by atoms with Crippen molar-refractivity contribution in [2.24, 2.45) is 0 Å². The molecule has 3 heterocycles. The number of benzene rings is 1. The van der Waals surface area contributed by atoms with Crippen molar-refractivity contribution in [1.29, 1.82) is 0 Å². The predicted octanol–water partition coefficient (Wildman–Crippen LogP) is 2.62. The predicted molar refractivity (Wildman–Crippen MR) is 104 cm³/mol. The Kier molecular flexibility index (Phi) is 4.41. The lowest BCUT2D eigenvalue weighted by atomic mass is 10.1. The molecule has 4 N–H and O–H groups in total. The van der Waals surface area contributed by atoms with E-state index in [0.717, 1.165) is 22.2 Å². The van der Waals surface area contributed by atoms with E-state index in [9.17, 15) is 4.79 Å². The molecule has 9 heteroatoms. The summed E-state index contributed by atoms with van der Waals surface area (Å²) in [4.78, 5) is 27.4. The summed E-state index contributed by atoms with van der Waals surface area (Å²) in [5.41, 5.74) is 9.96. The van der Waals surface area contributed by atoms with Crippen LogP contribution in [-0.2, 0) is 17.9 Å². The summed E-state index contributed by atoms with van der Waals surface area (Å²) in [6, 6.07) is 5.80. The normalized spacial score (nSPS) is 11.3. The summed E-state index contributed by atoms with van der Waals surface area (Å²) in [6.07, 6.45) is 3.57. The largest absolute Gasteiger partial charge is 0.382 e. The fourth-order valence-corrected chi connectivity index (χ4v) is 3.32. The van der Waals surface area contributed by atoms with Crippen molar-refractivity contribution in [2.75, 3.05) is 5.73 Å². The van der Waals surface area contributed by atoms with Gasteiger partial charge in [0.1, 0.15) is 11.8 Å². The molecular formula is C18H18ClN7O. The van der Waals surface area contributed by atoms with Crippen molar-refractivity contribution in [1.82, 2.24) is 29.8 Å². The number of nitrogens with one attached hydrogen (secondary N) is 2. The highest BCUT2D eigenvalue weighted by molar-refractivity contribution is 6.31. The first-order valence-corrected chi connectivity index (χ1v) is 8.91. The van der Waals surface area contributed by atoms with Crippen LogP contribution in [0.5, 0.6) is 0 Å². The number of carbonyl (C=O) groups excluding carboxylic acids is 1. The number of anilines is 1. The van der Waals surface area contributed by atoms with E-state index in [1.807, 2.05) is 29.7 Å². The number of halogens is 1. The Bertz CT molecular complexity index is 1150. The molecule has 1 amide bonds. The molecule has 1 aromatic carbocycles. The van der Waals surface area contributed by atoms with Gasteiger partial charge in [-0.1, -0.05) is 18.5 Å². The third kappa shape index (κ3) is 3.31. The molecule has 0 bridgehead atoms. The van der Waals surface area contributed by atoms with E-state index in [0.29, 0.717) is 41.5 Å². The van der Waals surface area contributed by atoms with E-state index in [2.05, 4.69) is 25.3 Å². The molecule has 4 rings (SSSR count). The van der Waals surface area contributed by atoms with Crippen molar-refractivity contribution in [3.05, 3.63) is 47.1 Å². The number of aromatic nitrogens is 5. The lowest BCUT2D eigenvalue weighted by Crippen LogP contribution is -2.21. The van der Waals surface area contributed by atoms with Gasteiger partial charge in [0.15, 0.2) is 11.5 Å². The number of H-pyrrole nitrogens is 1. The van der Waals surface area contributed by atoms with E-state index in [1.54, 1.807) is 6.33 Å². The molecule has 0 unspecified atom stereocenters. The van der Waals surface area contributed by atoms with Crippen molar-refractivity contribution in [3.63, 3.8) is 0 Å². The number of nitrogens with two attached hydrogens (primary N) is 1. The van der Waals surface area contributed by atoms with Gasteiger partial charge in [-0.3, -0.25) is 4.79 Å². The third-order valence-electron chi connectivity index (χ3n) is 4.40. The molecule has 0 saturated carbocycles. The van der Waals surface area contributed by atoms with Crippen LogP contribution in [0, 0.1) is 0 Å². The number of carbonyl (C=O) groups is 1. The summed E-state index contributed by atoms with van der Waals surface area (Å²) < 4.78 is 1.90. The third-order valence-corrected chi connectivity index (χ3v) is 4.62. The van der Waals surface area contributed by atoms with E-state index >= 15 is 0 Å². The van der Waals surface area contributed by atoms with Crippen LogP contribution in [0.2, 0.25) is 5.02 Å². The second kappa shape index (κ2) is 6.88. The molecule has 0 radical (unpaired) electrons. The first-order valence-electron chi connectivity index (χ1n) is 8.53. The minimum Gasteiger partial charge on any atom is -0.382 e. The highest BCUT2D eigenvalue weighted by atomic mass is 35.5. The molecule has 3 aromatic heterocycles. The van der Waals surface area contributed by atoms with Crippen LogP contribution in [-0.4, -0.2) is 30.4 Å². The average Bonchev–Trinajstić information content (AvgIpc) is 3.24. The lowest BCUT2D eigenvalue weighted by molar-refractivity contribution is -0.120. The monoisotopic (exact) mass is 383 g/mol. The summed E-state index contributed by atoms with van der Waals surface area (Å²) >= 11 is 6.31. The zero-order valence-electron chi connectivity index (χ0n) is 14.7. The van der Waals surface area contributed by atoms with Crippen molar-refractivity contribution < 1.29 is 4.79 Å². The Morgan fingerprint density at radius 3 is 2.96 bits per heavy atom. The topological polar surface area (TPSA) is 115 Å². The van der Waals surface area contributed by atoms with Gasteiger partial charge in [-0.15, -0.1) is 0 Å². The summed E-state index contributed by atoms with van der Waals surface area (Å²) in [5.74, 6) is 0.359. The first-order chi connectivity index (χ1) is 13.0. The van der Waals surface area contributed by atoms with Gasteiger partial charge < -0.3 is 20.6 Å². The van der Waals surface area contributed by atoms with Gasteiger partial charge in [0.25, 0.3) is 0 Å². The van der Waals surface area contributed by atoms with Gasteiger partial charge >= 0.3 is 0 Å². The zero-order valence-corrected chi connectivity index (χ0v) is 15.4. The van der Waals surface area contributed by atoms with Crippen molar-refractivity contribution in [3.8, 4) is 0 Å². The second-order valence-electron chi connectivity index (χ2n) is 6.26. The standard InChI is InChI=1S/C18H18ClN7O/c1-2-14(27)21-6-13-5-10-3-12(19)4-11(15(10)25-13)7-26-9-24-16-17(20)22-8-23-18(16)26/h3-5,8-9,25H,2,6-7H2,1H3,(H,21,27)(H2,20,22,23). The van der Waals surface area contributed by atoms with Crippen LogP contribution >= 0.6 is 11.6 Å². The van der Waals surface area contributed by atoms with Gasteiger partial charge in [-0.05, 0) is 23.8 Å². The Hall–Kier alpha value is -3.13. The van der Waals surface area contributed by atoms with Gasteiger partial charge in [-0.25, -0.2) is 15.0 Å². The van der Waals surface area contributed by atoms with E-state index in [-0.39, 0.29) is 5.91 Å². The maximum atomic E-state index is 11.5. The number of rotatable bonds is 5.